The number of benzene rings is 1. The molecular formula is C26H31N3O4S. The van der Waals surface area contributed by atoms with Crippen molar-refractivity contribution in [2.45, 2.75) is 65.5 Å². The Morgan fingerprint density at radius 2 is 1.91 bits per heavy atom. The highest BCUT2D eigenvalue weighted by Crippen LogP contribution is 2.34. The van der Waals surface area contributed by atoms with Gasteiger partial charge in [0, 0.05) is 6.54 Å². The van der Waals surface area contributed by atoms with Gasteiger partial charge in [0.1, 0.15) is 16.3 Å². The minimum Gasteiger partial charge on any atom is -0.462 e. The third kappa shape index (κ3) is 4.51. The van der Waals surface area contributed by atoms with Crippen LogP contribution < -0.4 is 5.56 Å². The summed E-state index contributed by atoms with van der Waals surface area (Å²) in [4.78, 5) is 45.8. The van der Waals surface area contributed by atoms with Gasteiger partial charge in [0.25, 0.3) is 5.56 Å². The number of nitrogens with zero attached hydrogens (tertiary/aromatic N) is 3. The number of aryl methyl sites for hydroxylation is 1. The first-order chi connectivity index (χ1) is 16.1. The maximum absolute atomic E-state index is 13.3. The highest BCUT2D eigenvalue weighted by atomic mass is 32.1. The standard InChI is InChI=1S/C26H31N3O4S/c1-6-33-25(32)22-16(2)21-23(34-22)27-15-28(24(21)31)14-20(30)29-13-7-8-19(29)17-9-11-18(12-10-17)26(3,4)5/h9-12,15,19H,6-8,13-14H2,1-5H3. The zero-order valence-corrected chi connectivity index (χ0v) is 21.2. The van der Waals surface area contributed by atoms with E-state index < -0.39 is 5.97 Å². The largest absolute Gasteiger partial charge is 0.462 e. The second kappa shape index (κ2) is 9.33. The Hall–Kier alpha value is -3.00. The van der Waals surface area contributed by atoms with Crippen molar-refractivity contribution in [3.63, 3.8) is 0 Å². The molecule has 0 spiro atoms. The molecule has 0 N–H and O–H groups in total. The van der Waals surface area contributed by atoms with Gasteiger partial charge in [-0.1, -0.05) is 45.0 Å². The topological polar surface area (TPSA) is 81.5 Å². The van der Waals surface area contributed by atoms with Crippen molar-refractivity contribution in [1.29, 1.82) is 0 Å². The molecule has 1 atom stereocenters. The Bertz CT molecular complexity index is 1280. The maximum atomic E-state index is 13.3. The van der Waals surface area contributed by atoms with Crippen molar-refractivity contribution in [2.24, 2.45) is 0 Å². The highest BCUT2D eigenvalue weighted by molar-refractivity contribution is 7.20. The molecule has 0 saturated carbocycles. The molecule has 180 valence electrons. The number of carbonyl (C=O) groups is 2. The average Bonchev–Trinajstić information content (AvgIpc) is 3.41. The predicted octanol–water partition coefficient (Wildman–Crippen LogP) is 4.60. The molecule has 3 aromatic rings. The SMILES string of the molecule is CCOC(=O)c1sc2ncn(CC(=O)N3CCCC3c3ccc(C(C)(C)C)cc3)c(=O)c2c1C. The molecule has 0 radical (unpaired) electrons. The van der Waals surface area contributed by atoms with Crippen LogP contribution in [0.5, 0.6) is 0 Å². The van der Waals surface area contributed by atoms with Crippen LogP contribution in [0, 0.1) is 6.92 Å². The van der Waals surface area contributed by atoms with Gasteiger partial charge in [-0.25, -0.2) is 9.78 Å². The van der Waals surface area contributed by atoms with Crippen molar-refractivity contribution in [2.75, 3.05) is 13.2 Å². The summed E-state index contributed by atoms with van der Waals surface area (Å²) in [5.74, 6) is -0.563. The van der Waals surface area contributed by atoms with E-state index >= 15 is 0 Å². The van der Waals surface area contributed by atoms with Crippen LogP contribution in [-0.4, -0.2) is 39.5 Å². The molecule has 1 unspecified atom stereocenters. The number of hydrogen-bond acceptors (Lipinski definition) is 6. The second-order valence-corrected chi connectivity index (χ2v) is 10.8. The smallest absolute Gasteiger partial charge is 0.348 e. The predicted molar refractivity (Wildman–Crippen MR) is 133 cm³/mol. The lowest BCUT2D eigenvalue weighted by molar-refractivity contribution is -0.132. The number of likely N-dealkylation sites (tertiary alicyclic amines) is 1. The molecule has 1 aromatic carbocycles. The molecule has 1 amide bonds. The van der Waals surface area contributed by atoms with Crippen LogP contribution in [-0.2, 0) is 21.5 Å². The van der Waals surface area contributed by atoms with Crippen molar-refractivity contribution < 1.29 is 14.3 Å². The Kier molecular flexibility index (Phi) is 6.62. The lowest BCUT2D eigenvalue weighted by Gasteiger charge is -2.26. The molecule has 1 aliphatic rings. The lowest BCUT2D eigenvalue weighted by Crippen LogP contribution is -2.36. The second-order valence-electron chi connectivity index (χ2n) is 9.75. The number of rotatable bonds is 5. The minimum atomic E-state index is -0.456. The number of thiophene rings is 1. The zero-order valence-electron chi connectivity index (χ0n) is 20.4. The first kappa shape index (κ1) is 24.1. The third-order valence-corrected chi connectivity index (χ3v) is 7.60. The van der Waals surface area contributed by atoms with E-state index in [1.54, 1.807) is 13.8 Å². The first-order valence-corrected chi connectivity index (χ1v) is 12.5. The number of esters is 1. The average molecular weight is 482 g/mol. The third-order valence-electron chi connectivity index (χ3n) is 6.42. The summed E-state index contributed by atoms with van der Waals surface area (Å²) in [6.07, 6.45) is 3.23. The van der Waals surface area contributed by atoms with Gasteiger partial charge in [0.05, 0.1) is 24.4 Å². The molecule has 4 rings (SSSR count). The van der Waals surface area contributed by atoms with E-state index in [9.17, 15) is 14.4 Å². The van der Waals surface area contributed by atoms with Crippen LogP contribution in [0.15, 0.2) is 35.4 Å². The van der Waals surface area contributed by atoms with E-state index in [0.29, 0.717) is 27.2 Å². The van der Waals surface area contributed by atoms with E-state index in [1.165, 1.54) is 16.5 Å². The number of hydrogen-bond donors (Lipinski definition) is 0. The van der Waals surface area contributed by atoms with Gasteiger partial charge in [-0.3, -0.25) is 14.2 Å². The molecular weight excluding hydrogens is 450 g/mol. The van der Waals surface area contributed by atoms with E-state index in [0.717, 1.165) is 29.7 Å². The fraction of sp³-hybridized carbons (Fsp3) is 0.462. The van der Waals surface area contributed by atoms with Gasteiger partial charge in [0.15, 0.2) is 0 Å². The van der Waals surface area contributed by atoms with Gasteiger partial charge in [0.2, 0.25) is 5.91 Å². The molecule has 7 nitrogen and oxygen atoms in total. The van der Waals surface area contributed by atoms with E-state index in [2.05, 4.69) is 50.0 Å². The Morgan fingerprint density at radius 1 is 1.21 bits per heavy atom. The Morgan fingerprint density at radius 3 is 2.56 bits per heavy atom. The lowest BCUT2D eigenvalue weighted by atomic mass is 9.86. The van der Waals surface area contributed by atoms with E-state index in [1.807, 2.05) is 4.90 Å². The van der Waals surface area contributed by atoms with Gasteiger partial charge in [-0.2, -0.15) is 0 Å². The summed E-state index contributed by atoms with van der Waals surface area (Å²) in [7, 11) is 0. The molecule has 0 aliphatic carbocycles. The van der Waals surface area contributed by atoms with Crippen LogP contribution in [0.4, 0.5) is 0 Å². The van der Waals surface area contributed by atoms with Crippen LogP contribution in [0.1, 0.15) is 72.9 Å². The van der Waals surface area contributed by atoms with Crippen LogP contribution >= 0.6 is 11.3 Å². The fourth-order valence-electron chi connectivity index (χ4n) is 4.52. The molecule has 1 aliphatic heterocycles. The van der Waals surface area contributed by atoms with Gasteiger partial charge < -0.3 is 9.64 Å². The minimum absolute atomic E-state index is 0.00668. The summed E-state index contributed by atoms with van der Waals surface area (Å²) in [5, 5.41) is 0.374. The molecule has 1 saturated heterocycles. The zero-order chi connectivity index (χ0) is 24.6. The van der Waals surface area contributed by atoms with Crippen molar-refractivity contribution in [1.82, 2.24) is 14.5 Å². The van der Waals surface area contributed by atoms with E-state index in [4.69, 9.17) is 4.74 Å². The van der Waals surface area contributed by atoms with E-state index in [-0.39, 0.29) is 36.1 Å². The summed E-state index contributed by atoms with van der Waals surface area (Å²) in [6, 6.07) is 8.51. The monoisotopic (exact) mass is 481 g/mol. The van der Waals surface area contributed by atoms with Gasteiger partial charge in [-0.15, -0.1) is 11.3 Å². The maximum Gasteiger partial charge on any atom is 0.348 e. The normalized spacial score (nSPS) is 16.3. The fourth-order valence-corrected chi connectivity index (χ4v) is 5.55. The molecule has 2 aromatic heterocycles. The highest BCUT2D eigenvalue weighted by Gasteiger charge is 2.31. The van der Waals surface area contributed by atoms with Crippen molar-refractivity contribution >= 4 is 33.4 Å². The molecule has 34 heavy (non-hydrogen) atoms. The first-order valence-electron chi connectivity index (χ1n) is 11.7. The molecule has 1 fully saturated rings. The Balaban J connectivity index is 1.57. The summed E-state index contributed by atoms with van der Waals surface area (Å²) < 4.78 is 6.44. The quantitative estimate of drug-likeness (QED) is 0.497. The summed E-state index contributed by atoms with van der Waals surface area (Å²) in [5.41, 5.74) is 2.69. The number of aromatic nitrogens is 2. The number of amides is 1. The van der Waals surface area contributed by atoms with Gasteiger partial charge in [-0.05, 0) is 48.8 Å². The summed E-state index contributed by atoms with van der Waals surface area (Å²) >= 11 is 1.15. The molecule has 8 heteroatoms. The number of fused-ring (bicyclic) bond motifs is 1. The van der Waals surface area contributed by atoms with Crippen LogP contribution in [0.3, 0.4) is 0 Å². The Labute approximate surface area is 203 Å². The number of ether oxygens (including phenoxy) is 1. The van der Waals surface area contributed by atoms with Crippen molar-refractivity contribution in [3.05, 3.63) is 62.5 Å². The molecule has 0 bridgehead atoms. The van der Waals surface area contributed by atoms with Crippen molar-refractivity contribution in [3.8, 4) is 0 Å². The summed E-state index contributed by atoms with van der Waals surface area (Å²) in [6.45, 7) is 10.8. The van der Waals surface area contributed by atoms with Crippen LogP contribution in [0.25, 0.3) is 10.2 Å². The van der Waals surface area contributed by atoms with Crippen LogP contribution in [0.2, 0.25) is 0 Å². The molecule has 3 heterocycles. The van der Waals surface area contributed by atoms with Gasteiger partial charge >= 0.3 is 5.97 Å². The number of carbonyl (C=O) groups excluding carboxylic acids is 2.